The van der Waals surface area contributed by atoms with Gasteiger partial charge in [-0.15, -0.1) is 11.3 Å². The molecule has 2 rings (SSSR count). The lowest BCUT2D eigenvalue weighted by molar-refractivity contribution is -0.121. The highest BCUT2D eigenvalue weighted by atomic mass is 32.1. The van der Waals surface area contributed by atoms with Gasteiger partial charge in [-0.1, -0.05) is 13.8 Å². The number of hydrogen-bond donors (Lipinski definition) is 1. The average molecular weight is 281 g/mol. The SMILES string of the molecule is CC(C)CC(=O)NCc1csc(N2CCCCC2)n1. The van der Waals surface area contributed by atoms with Crippen molar-refractivity contribution in [2.75, 3.05) is 18.0 Å². The first-order chi connectivity index (χ1) is 9.15. The van der Waals surface area contributed by atoms with E-state index in [-0.39, 0.29) is 5.91 Å². The third-order valence-corrected chi connectivity index (χ3v) is 4.18. The summed E-state index contributed by atoms with van der Waals surface area (Å²) in [6.45, 7) is 6.89. The van der Waals surface area contributed by atoms with Crippen LogP contribution < -0.4 is 10.2 Å². The molecule has 106 valence electrons. The summed E-state index contributed by atoms with van der Waals surface area (Å²) in [6.07, 6.45) is 4.45. The van der Waals surface area contributed by atoms with Gasteiger partial charge in [0.2, 0.25) is 5.91 Å². The molecule has 1 aliphatic heterocycles. The molecule has 0 unspecified atom stereocenters. The fourth-order valence-corrected chi connectivity index (χ4v) is 3.12. The zero-order chi connectivity index (χ0) is 13.7. The third kappa shape index (κ3) is 4.49. The molecule has 0 radical (unpaired) electrons. The number of thiazole rings is 1. The number of rotatable bonds is 5. The van der Waals surface area contributed by atoms with Crippen molar-refractivity contribution < 1.29 is 4.79 Å². The van der Waals surface area contributed by atoms with Crippen molar-refractivity contribution in [1.82, 2.24) is 10.3 Å². The van der Waals surface area contributed by atoms with Crippen LogP contribution in [0.15, 0.2) is 5.38 Å². The van der Waals surface area contributed by atoms with Gasteiger partial charge in [0, 0.05) is 24.9 Å². The fourth-order valence-electron chi connectivity index (χ4n) is 2.24. The van der Waals surface area contributed by atoms with Gasteiger partial charge in [-0.25, -0.2) is 4.98 Å². The molecule has 19 heavy (non-hydrogen) atoms. The zero-order valence-electron chi connectivity index (χ0n) is 11.8. The zero-order valence-corrected chi connectivity index (χ0v) is 12.6. The second-order valence-corrected chi connectivity index (χ2v) is 6.38. The van der Waals surface area contributed by atoms with E-state index in [1.807, 2.05) is 0 Å². The summed E-state index contributed by atoms with van der Waals surface area (Å²) < 4.78 is 0. The molecule has 2 heterocycles. The van der Waals surface area contributed by atoms with Crippen LogP contribution in [0.25, 0.3) is 0 Å². The fraction of sp³-hybridized carbons (Fsp3) is 0.714. The van der Waals surface area contributed by atoms with Crippen LogP contribution in [-0.4, -0.2) is 24.0 Å². The van der Waals surface area contributed by atoms with E-state index < -0.39 is 0 Å². The van der Waals surface area contributed by atoms with Gasteiger partial charge >= 0.3 is 0 Å². The largest absolute Gasteiger partial charge is 0.350 e. The molecule has 1 aliphatic rings. The van der Waals surface area contributed by atoms with Gasteiger partial charge in [0.05, 0.1) is 12.2 Å². The van der Waals surface area contributed by atoms with Crippen LogP contribution in [0.3, 0.4) is 0 Å². The Kier molecular flexibility index (Phi) is 5.19. The van der Waals surface area contributed by atoms with Crippen molar-refractivity contribution in [1.29, 1.82) is 0 Å². The summed E-state index contributed by atoms with van der Waals surface area (Å²) in [5, 5.41) is 6.09. The van der Waals surface area contributed by atoms with E-state index in [4.69, 9.17) is 0 Å². The Hall–Kier alpha value is -1.10. The predicted molar refractivity (Wildman–Crippen MR) is 79.5 cm³/mol. The molecule has 0 atom stereocenters. The first kappa shape index (κ1) is 14.3. The lowest BCUT2D eigenvalue weighted by Crippen LogP contribution is -2.29. The minimum absolute atomic E-state index is 0.113. The smallest absolute Gasteiger partial charge is 0.220 e. The van der Waals surface area contributed by atoms with Crippen molar-refractivity contribution in [3.8, 4) is 0 Å². The molecule has 0 saturated carbocycles. The highest BCUT2D eigenvalue weighted by Crippen LogP contribution is 2.23. The number of carbonyl (C=O) groups excluding carboxylic acids is 1. The highest BCUT2D eigenvalue weighted by molar-refractivity contribution is 7.13. The molecule has 1 saturated heterocycles. The molecule has 1 amide bonds. The molecule has 1 fully saturated rings. The third-order valence-electron chi connectivity index (χ3n) is 3.23. The molecular formula is C14H23N3OS. The number of aromatic nitrogens is 1. The number of hydrogen-bond acceptors (Lipinski definition) is 4. The predicted octanol–water partition coefficient (Wildman–Crippen LogP) is 2.80. The van der Waals surface area contributed by atoms with E-state index >= 15 is 0 Å². The molecule has 1 aromatic rings. The summed E-state index contributed by atoms with van der Waals surface area (Å²) in [4.78, 5) is 18.6. The van der Waals surface area contributed by atoms with Gasteiger partial charge in [-0.2, -0.15) is 0 Å². The standard InChI is InChI=1S/C14H23N3OS/c1-11(2)8-13(18)15-9-12-10-19-14(16-12)17-6-4-3-5-7-17/h10-11H,3-9H2,1-2H3,(H,15,18). The van der Waals surface area contributed by atoms with Crippen LogP contribution >= 0.6 is 11.3 Å². The Morgan fingerprint density at radius 1 is 1.42 bits per heavy atom. The Morgan fingerprint density at radius 3 is 2.84 bits per heavy atom. The number of nitrogens with one attached hydrogen (secondary N) is 1. The minimum atomic E-state index is 0.113. The van der Waals surface area contributed by atoms with Gasteiger partial charge in [0.15, 0.2) is 5.13 Å². The van der Waals surface area contributed by atoms with Crippen LogP contribution in [0.4, 0.5) is 5.13 Å². The van der Waals surface area contributed by atoms with Gasteiger partial charge < -0.3 is 10.2 Å². The van der Waals surface area contributed by atoms with Gasteiger partial charge in [0.1, 0.15) is 0 Å². The van der Waals surface area contributed by atoms with Crippen LogP contribution in [0.1, 0.15) is 45.2 Å². The lowest BCUT2D eigenvalue weighted by atomic mass is 10.1. The maximum Gasteiger partial charge on any atom is 0.220 e. The first-order valence-electron chi connectivity index (χ1n) is 7.11. The lowest BCUT2D eigenvalue weighted by Gasteiger charge is -2.25. The topological polar surface area (TPSA) is 45.2 Å². The van der Waals surface area contributed by atoms with Gasteiger partial charge in [-0.05, 0) is 25.2 Å². The van der Waals surface area contributed by atoms with Gasteiger partial charge in [-0.3, -0.25) is 4.79 Å². The Morgan fingerprint density at radius 2 is 2.16 bits per heavy atom. The van der Waals surface area contributed by atoms with E-state index in [0.717, 1.165) is 23.9 Å². The molecule has 1 N–H and O–H groups in total. The maximum absolute atomic E-state index is 11.6. The van der Waals surface area contributed by atoms with Crippen LogP contribution in [0.5, 0.6) is 0 Å². The van der Waals surface area contributed by atoms with Crippen molar-refractivity contribution in [2.24, 2.45) is 5.92 Å². The van der Waals surface area contributed by atoms with Crippen LogP contribution in [0, 0.1) is 5.92 Å². The molecule has 5 heteroatoms. The number of piperidine rings is 1. The molecule has 0 aliphatic carbocycles. The summed E-state index contributed by atoms with van der Waals surface area (Å²) in [7, 11) is 0. The molecular weight excluding hydrogens is 258 g/mol. The van der Waals surface area contributed by atoms with Crippen molar-refractivity contribution >= 4 is 22.4 Å². The maximum atomic E-state index is 11.6. The van der Waals surface area contributed by atoms with E-state index in [2.05, 4.69) is 34.4 Å². The number of nitrogens with zero attached hydrogens (tertiary/aromatic N) is 2. The quantitative estimate of drug-likeness (QED) is 0.902. The van der Waals surface area contributed by atoms with Crippen molar-refractivity contribution in [2.45, 2.75) is 46.1 Å². The number of anilines is 1. The average Bonchev–Trinajstić information content (AvgIpc) is 2.85. The van der Waals surface area contributed by atoms with E-state index in [1.165, 1.54) is 19.3 Å². The first-order valence-corrected chi connectivity index (χ1v) is 7.99. The summed E-state index contributed by atoms with van der Waals surface area (Å²) in [5.74, 6) is 0.516. The summed E-state index contributed by atoms with van der Waals surface area (Å²) in [5.41, 5.74) is 0.975. The van der Waals surface area contributed by atoms with Crippen LogP contribution in [-0.2, 0) is 11.3 Å². The van der Waals surface area contributed by atoms with Crippen LogP contribution in [0.2, 0.25) is 0 Å². The molecule has 4 nitrogen and oxygen atoms in total. The second kappa shape index (κ2) is 6.89. The minimum Gasteiger partial charge on any atom is -0.350 e. The Balaban J connectivity index is 1.81. The molecule has 1 aromatic heterocycles. The second-order valence-electron chi connectivity index (χ2n) is 5.54. The van der Waals surface area contributed by atoms with Crippen molar-refractivity contribution in [3.63, 3.8) is 0 Å². The van der Waals surface area contributed by atoms with E-state index in [9.17, 15) is 4.79 Å². The highest BCUT2D eigenvalue weighted by Gasteiger charge is 2.14. The number of carbonyl (C=O) groups is 1. The van der Waals surface area contributed by atoms with Gasteiger partial charge in [0.25, 0.3) is 0 Å². The van der Waals surface area contributed by atoms with E-state index in [0.29, 0.717) is 18.9 Å². The Bertz CT molecular complexity index is 411. The summed E-state index contributed by atoms with van der Waals surface area (Å²) >= 11 is 1.69. The molecule has 0 spiro atoms. The Labute approximate surface area is 119 Å². The molecule has 0 bridgehead atoms. The number of amides is 1. The van der Waals surface area contributed by atoms with E-state index in [1.54, 1.807) is 11.3 Å². The molecule has 0 aromatic carbocycles. The summed E-state index contributed by atoms with van der Waals surface area (Å²) in [6, 6.07) is 0. The van der Waals surface area contributed by atoms with Crippen molar-refractivity contribution in [3.05, 3.63) is 11.1 Å². The monoisotopic (exact) mass is 281 g/mol. The normalized spacial score (nSPS) is 15.8.